The van der Waals surface area contributed by atoms with Crippen LogP contribution in [0.15, 0.2) is 12.3 Å². The molecular weight excluding hydrogens is 351 g/mol. The van der Waals surface area contributed by atoms with Gasteiger partial charge >= 0.3 is 0 Å². The zero-order chi connectivity index (χ0) is 15.6. The maximum atomic E-state index is 6.32. The van der Waals surface area contributed by atoms with Gasteiger partial charge in [-0.3, -0.25) is 4.40 Å². The Hall–Kier alpha value is -0.560. The molecule has 0 amide bonds. The van der Waals surface area contributed by atoms with Gasteiger partial charge in [0.05, 0.1) is 22.3 Å². The standard InChI is InChI=1S/C14H13Cl3N2O3/c1-14(2)21-8-5-20-12(11(8)22-14)10-13(17)18-9-3-6(15)7(16)4-19(9)10/h3-4,8,11-12H,5H2,1-2H3. The summed E-state index contributed by atoms with van der Waals surface area (Å²) in [5.41, 5.74) is 1.31. The van der Waals surface area contributed by atoms with Crippen molar-refractivity contribution in [2.24, 2.45) is 0 Å². The van der Waals surface area contributed by atoms with Crippen molar-refractivity contribution >= 4 is 40.4 Å². The monoisotopic (exact) mass is 362 g/mol. The first-order valence-electron chi connectivity index (χ1n) is 6.85. The maximum Gasteiger partial charge on any atom is 0.164 e. The Morgan fingerprint density at radius 3 is 2.77 bits per heavy atom. The summed E-state index contributed by atoms with van der Waals surface area (Å²) < 4.78 is 19.4. The van der Waals surface area contributed by atoms with Crippen molar-refractivity contribution < 1.29 is 14.2 Å². The van der Waals surface area contributed by atoms with E-state index in [1.165, 1.54) is 0 Å². The number of rotatable bonds is 1. The van der Waals surface area contributed by atoms with Gasteiger partial charge in [0.2, 0.25) is 0 Å². The zero-order valence-electron chi connectivity index (χ0n) is 11.8. The van der Waals surface area contributed by atoms with E-state index < -0.39 is 5.79 Å². The van der Waals surface area contributed by atoms with Crippen LogP contribution in [0.1, 0.15) is 25.6 Å². The minimum Gasteiger partial charge on any atom is -0.366 e. The second-order valence-corrected chi connectivity index (χ2v) is 7.05. The van der Waals surface area contributed by atoms with Gasteiger partial charge in [-0.25, -0.2) is 4.98 Å². The molecule has 2 aromatic heterocycles. The first-order chi connectivity index (χ1) is 10.4. The lowest BCUT2D eigenvalue weighted by Gasteiger charge is -2.21. The summed E-state index contributed by atoms with van der Waals surface area (Å²) in [6.45, 7) is 4.22. The van der Waals surface area contributed by atoms with Gasteiger partial charge in [0.1, 0.15) is 24.0 Å². The summed E-state index contributed by atoms with van der Waals surface area (Å²) in [5, 5.41) is 1.19. The zero-order valence-corrected chi connectivity index (χ0v) is 14.1. The molecule has 2 aliphatic heterocycles. The number of nitrogens with zero attached hydrogens (tertiary/aromatic N) is 2. The van der Waals surface area contributed by atoms with E-state index in [2.05, 4.69) is 4.98 Å². The van der Waals surface area contributed by atoms with Crippen LogP contribution in [0.4, 0.5) is 0 Å². The highest BCUT2D eigenvalue weighted by Crippen LogP contribution is 2.44. The van der Waals surface area contributed by atoms with Gasteiger partial charge in [0.25, 0.3) is 0 Å². The first-order valence-corrected chi connectivity index (χ1v) is 7.99. The van der Waals surface area contributed by atoms with Gasteiger partial charge in [-0.1, -0.05) is 34.8 Å². The molecule has 118 valence electrons. The van der Waals surface area contributed by atoms with E-state index in [0.717, 1.165) is 0 Å². The van der Waals surface area contributed by atoms with Gasteiger partial charge in [-0.2, -0.15) is 0 Å². The number of imidazole rings is 1. The molecule has 4 heterocycles. The van der Waals surface area contributed by atoms with Gasteiger partial charge < -0.3 is 14.2 Å². The summed E-state index contributed by atoms with van der Waals surface area (Å²) in [6, 6.07) is 1.67. The molecule has 2 aliphatic rings. The van der Waals surface area contributed by atoms with E-state index in [1.54, 1.807) is 16.7 Å². The fourth-order valence-corrected chi connectivity index (χ4v) is 3.64. The van der Waals surface area contributed by atoms with Crippen molar-refractivity contribution in [3.05, 3.63) is 33.2 Å². The predicted octanol–water partition coefficient (Wildman–Crippen LogP) is 3.89. The number of aromatic nitrogens is 2. The number of halogens is 3. The second-order valence-electron chi connectivity index (χ2n) is 5.88. The molecule has 0 aromatic carbocycles. The predicted molar refractivity (Wildman–Crippen MR) is 82.7 cm³/mol. The third-order valence-corrected chi connectivity index (χ3v) is 4.88. The van der Waals surface area contributed by atoms with Crippen LogP contribution in [0.25, 0.3) is 5.65 Å². The summed E-state index contributed by atoms with van der Waals surface area (Å²) >= 11 is 18.5. The minimum absolute atomic E-state index is 0.121. The number of pyridine rings is 1. The lowest BCUT2D eigenvalue weighted by atomic mass is 10.1. The topological polar surface area (TPSA) is 45.0 Å². The molecule has 5 nitrogen and oxygen atoms in total. The Kier molecular flexibility index (Phi) is 3.39. The smallest absolute Gasteiger partial charge is 0.164 e. The summed E-state index contributed by atoms with van der Waals surface area (Å²) in [5.74, 6) is -0.634. The fraction of sp³-hybridized carbons (Fsp3) is 0.500. The van der Waals surface area contributed by atoms with Crippen LogP contribution < -0.4 is 0 Å². The van der Waals surface area contributed by atoms with Crippen molar-refractivity contribution in [3.63, 3.8) is 0 Å². The summed E-state index contributed by atoms with van der Waals surface area (Å²) in [6.07, 6.45) is 0.961. The fourth-order valence-electron chi connectivity index (χ4n) is 3.06. The van der Waals surface area contributed by atoms with Crippen LogP contribution in [0.3, 0.4) is 0 Å². The second kappa shape index (κ2) is 4.97. The van der Waals surface area contributed by atoms with Crippen molar-refractivity contribution in [2.75, 3.05) is 6.61 Å². The van der Waals surface area contributed by atoms with Crippen molar-refractivity contribution in [2.45, 2.75) is 37.9 Å². The third kappa shape index (κ3) is 2.23. The summed E-state index contributed by atoms with van der Waals surface area (Å²) in [7, 11) is 0. The highest BCUT2D eigenvalue weighted by molar-refractivity contribution is 6.42. The molecule has 0 bridgehead atoms. The number of ether oxygens (including phenoxy) is 3. The van der Waals surface area contributed by atoms with E-state index in [4.69, 9.17) is 49.0 Å². The normalized spacial score (nSPS) is 30.1. The molecule has 0 radical (unpaired) electrons. The van der Waals surface area contributed by atoms with E-state index in [-0.39, 0.29) is 18.3 Å². The number of hydrogen-bond acceptors (Lipinski definition) is 4. The van der Waals surface area contributed by atoms with Gasteiger partial charge in [0.15, 0.2) is 10.9 Å². The molecule has 0 aliphatic carbocycles. The van der Waals surface area contributed by atoms with Crippen LogP contribution >= 0.6 is 34.8 Å². The van der Waals surface area contributed by atoms with Crippen LogP contribution in [-0.4, -0.2) is 34.0 Å². The Labute approximate surface area is 142 Å². The Bertz CT molecular complexity index is 761. The van der Waals surface area contributed by atoms with E-state index in [9.17, 15) is 0 Å². The molecule has 2 saturated heterocycles. The molecule has 2 aromatic rings. The van der Waals surface area contributed by atoms with E-state index in [0.29, 0.717) is 33.1 Å². The molecule has 2 fully saturated rings. The lowest BCUT2D eigenvalue weighted by molar-refractivity contribution is -0.176. The van der Waals surface area contributed by atoms with Gasteiger partial charge in [0, 0.05) is 12.3 Å². The van der Waals surface area contributed by atoms with Crippen molar-refractivity contribution in [3.8, 4) is 0 Å². The highest BCUT2D eigenvalue weighted by Gasteiger charge is 2.52. The largest absolute Gasteiger partial charge is 0.366 e. The van der Waals surface area contributed by atoms with E-state index >= 15 is 0 Å². The molecule has 8 heteroatoms. The number of hydrogen-bond donors (Lipinski definition) is 0. The third-order valence-electron chi connectivity index (χ3n) is 3.89. The Morgan fingerprint density at radius 2 is 2.00 bits per heavy atom. The van der Waals surface area contributed by atoms with Crippen LogP contribution in [0.2, 0.25) is 15.2 Å². The first kappa shape index (κ1) is 15.0. The Morgan fingerprint density at radius 1 is 1.23 bits per heavy atom. The van der Waals surface area contributed by atoms with Crippen molar-refractivity contribution in [1.82, 2.24) is 9.38 Å². The average molecular weight is 364 g/mol. The highest BCUT2D eigenvalue weighted by atomic mass is 35.5. The van der Waals surface area contributed by atoms with Gasteiger partial charge in [-0.15, -0.1) is 0 Å². The molecule has 22 heavy (non-hydrogen) atoms. The molecular formula is C14H13Cl3N2O3. The molecule has 4 rings (SSSR count). The van der Waals surface area contributed by atoms with E-state index in [1.807, 2.05) is 13.8 Å². The molecule has 3 unspecified atom stereocenters. The van der Waals surface area contributed by atoms with Crippen LogP contribution in [0, 0.1) is 0 Å². The van der Waals surface area contributed by atoms with Crippen molar-refractivity contribution in [1.29, 1.82) is 0 Å². The Balaban J connectivity index is 1.81. The quantitative estimate of drug-likeness (QED) is 0.771. The SMILES string of the molecule is CC1(C)OC2COC(c3c(Cl)nc4cc(Cl)c(Cl)cn34)C2O1. The van der Waals surface area contributed by atoms with Crippen LogP contribution in [0.5, 0.6) is 0 Å². The molecule has 0 saturated carbocycles. The lowest BCUT2D eigenvalue weighted by Crippen LogP contribution is -2.25. The average Bonchev–Trinajstić information content (AvgIpc) is 3.00. The summed E-state index contributed by atoms with van der Waals surface area (Å²) in [4.78, 5) is 4.32. The molecule has 0 spiro atoms. The molecule has 3 atom stereocenters. The number of fused-ring (bicyclic) bond motifs is 2. The van der Waals surface area contributed by atoms with Gasteiger partial charge in [-0.05, 0) is 13.8 Å². The minimum atomic E-state index is -0.634. The van der Waals surface area contributed by atoms with Crippen LogP contribution in [-0.2, 0) is 14.2 Å². The molecule has 0 N–H and O–H groups in total. The maximum absolute atomic E-state index is 6.32.